The number of fused-ring (bicyclic) bond motifs is 1. The molecule has 0 aliphatic heterocycles. The minimum Gasteiger partial charge on any atom is -0.437 e. The topological polar surface area (TPSA) is 75.7 Å². The molecule has 0 bridgehead atoms. The van der Waals surface area contributed by atoms with Crippen LogP contribution in [0, 0.1) is 0 Å². The van der Waals surface area contributed by atoms with Crippen molar-refractivity contribution in [3.8, 4) is 11.6 Å². The molecule has 136 valence electrons. The van der Waals surface area contributed by atoms with Gasteiger partial charge in [0.2, 0.25) is 11.8 Å². The number of para-hydroxylation sites is 1. The van der Waals surface area contributed by atoms with Gasteiger partial charge in [-0.25, -0.2) is 9.97 Å². The monoisotopic (exact) mass is 359 g/mol. The molecule has 0 aliphatic rings. The van der Waals surface area contributed by atoms with Gasteiger partial charge in [-0.05, 0) is 35.7 Å². The summed E-state index contributed by atoms with van der Waals surface area (Å²) in [6.45, 7) is 6.48. The van der Waals surface area contributed by atoms with E-state index >= 15 is 0 Å². The summed E-state index contributed by atoms with van der Waals surface area (Å²) in [6.07, 6.45) is 3.43. The van der Waals surface area contributed by atoms with E-state index in [4.69, 9.17) is 4.74 Å². The van der Waals surface area contributed by atoms with E-state index in [-0.39, 0.29) is 5.41 Å². The first-order valence-corrected chi connectivity index (χ1v) is 8.81. The van der Waals surface area contributed by atoms with E-state index in [2.05, 4.69) is 52.1 Å². The van der Waals surface area contributed by atoms with E-state index in [0.29, 0.717) is 17.5 Å². The van der Waals surface area contributed by atoms with Crippen molar-refractivity contribution < 1.29 is 4.74 Å². The lowest BCUT2D eigenvalue weighted by Gasteiger charge is -2.22. The smallest absolute Gasteiger partial charge is 0.243 e. The first kappa shape index (κ1) is 17.0. The van der Waals surface area contributed by atoms with Crippen LogP contribution in [0.5, 0.6) is 11.6 Å². The van der Waals surface area contributed by atoms with Crippen molar-refractivity contribution in [2.24, 2.45) is 0 Å². The zero-order valence-corrected chi connectivity index (χ0v) is 15.5. The van der Waals surface area contributed by atoms with E-state index < -0.39 is 0 Å². The summed E-state index contributed by atoms with van der Waals surface area (Å²) in [7, 11) is 0. The summed E-state index contributed by atoms with van der Waals surface area (Å²) in [5.41, 5.74) is 3.33. The molecule has 0 radical (unpaired) electrons. The minimum absolute atomic E-state index is 0.0383. The molecule has 0 amide bonds. The summed E-state index contributed by atoms with van der Waals surface area (Å²) in [5.74, 6) is 1.87. The van der Waals surface area contributed by atoms with Crippen molar-refractivity contribution in [3.05, 3.63) is 66.5 Å². The average molecular weight is 359 g/mol. The largest absolute Gasteiger partial charge is 0.437 e. The second-order valence-electron chi connectivity index (χ2n) is 7.29. The SMILES string of the molecule is CC(C)(C)c1ccccc1Oc1ncccc1Nc1nc2ncccc2[nH]1. The number of hydrogen-bond donors (Lipinski definition) is 2. The van der Waals surface area contributed by atoms with Crippen molar-refractivity contribution in [2.75, 3.05) is 5.32 Å². The molecule has 1 aromatic carbocycles. The van der Waals surface area contributed by atoms with Crippen molar-refractivity contribution >= 4 is 22.8 Å². The maximum absolute atomic E-state index is 6.18. The van der Waals surface area contributed by atoms with Crippen LogP contribution >= 0.6 is 0 Å². The van der Waals surface area contributed by atoms with Crippen molar-refractivity contribution in [3.63, 3.8) is 0 Å². The van der Waals surface area contributed by atoms with Gasteiger partial charge < -0.3 is 15.0 Å². The van der Waals surface area contributed by atoms with Crippen molar-refractivity contribution in [2.45, 2.75) is 26.2 Å². The van der Waals surface area contributed by atoms with Crippen LogP contribution in [0.2, 0.25) is 0 Å². The highest BCUT2D eigenvalue weighted by atomic mass is 16.5. The summed E-state index contributed by atoms with van der Waals surface area (Å²) < 4.78 is 6.18. The van der Waals surface area contributed by atoms with E-state index in [1.165, 1.54) is 0 Å². The zero-order valence-electron chi connectivity index (χ0n) is 15.5. The molecule has 2 N–H and O–H groups in total. The van der Waals surface area contributed by atoms with Gasteiger partial charge in [-0.1, -0.05) is 39.0 Å². The first-order chi connectivity index (χ1) is 13.0. The van der Waals surface area contributed by atoms with Gasteiger partial charge >= 0.3 is 0 Å². The maximum atomic E-state index is 6.18. The number of imidazole rings is 1. The van der Waals surface area contributed by atoms with E-state index in [0.717, 1.165) is 22.5 Å². The van der Waals surface area contributed by atoms with E-state index in [9.17, 15) is 0 Å². The molecule has 4 rings (SSSR count). The molecule has 27 heavy (non-hydrogen) atoms. The van der Waals surface area contributed by atoms with Gasteiger partial charge in [-0.15, -0.1) is 0 Å². The van der Waals surface area contributed by atoms with E-state index in [1.54, 1.807) is 12.4 Å². The number of ether oxygens (including phenoxy) is 1. The minimum atomic E-state index is -0.0383. The van der Waals surface area contributed by atoms with Crippen LogP contribution in [-0.4, -0.2) is 19.9 Å². The summed E-state index contributed by atoms with van der Waals surface area (Å²) >= 11 is 0. The van der Waals surface area contributed by atoms with Gasteiger partial charge in [-0.3, -0.25) is 0 Å². The van der Waals surface area contributed by atoms with Gasteiger partial charge in [0.1, 0.15) is 11.4 Å². The average Bonchev–Trinajstić information content (AvgIpc) is 3.05. The highest BCUT2D eigenvalue weighted by Crippen LogP contribution is 2.36. The second-order valence-corrected chi connectivity index (χ2v) is 7.29. The molecule has 0 spiro atoms. The van der Waals surface area contributed by atoms with Gasteiger partial charge in [0.05, 0.1) is 5.52 Å². The van der Waals surface area contributed by atoms with Crippen LogP contribution < -0.4 is 10.1 Å². The van der Waals surface area contributed by atoms with Gasteiger partial charge in [0.25, 0.3) is 0 Å². The van der Waals surface area contributed by atoms with Crippen LogP contribution in [0.3, 0.4) is 0 Å². The van der Waals surface area contributed by atoms with Crippen LogP contribution in [0.25, 0.3) is 11.2 Å². The van der Waals surface area contributed by atoms with Crippen LogP contribution in [0.1, 0.15) is 26.3 Å². The molecule has 0 fully saturated rings. The lowest BCUT2D eigenvalue weighted by atomic mass is 9.86. The molecule has 0 atom stereocenters. The number of benzene rings is 1. The molecule has 0 unspecified atom stereocenters. The lowest BCUT2D eigenvalue weighted by molar-refractivity contribution is 0.442. The summed E-state index contributed by atoms with van der Waals surface area (Å²) in [5, 5.41) is 3.25. The number of nitrogens with zero attached hydrogens (tertiary/aromatic N) is 3. The number of pyridine rings is 2. The number of anilines is 2. The Morgan fingerprint density at radius 2 is 1.70 bits per heavy atom. The summed E-state index contributed by atoms with van der Waals surface area (Å²) in [4.78, 5) is 16.3. The van der Waals surface area contributed by atoms with Crippen LogP contribution in [0.15, 0.2) is 60.9 Å². The van der Waals surface area contributed by atoms with Crippen LogP contribution in [0.4, 0.5) is 11.6 Å². The number of rotatable bonds is 4. The quantitative estimate of drug-likeness (QED) is 0.525. The maximum Gasteiger partial charge on any atom is 0.243 e. The predicted octanol–water partition coefficient (Wildman–Crippen LogP) is 5.19. The third-order valence-electron chi connectivity index (χ3n) is 4.18. The summed E-state index contributed by atoms with van der Waals surface area (Å²) in [6, 6.07) is 15.6. The first-order valence-electron chi connectivity index (χ1n) is 8.81. The number of hydrogen-bond acceptors (Lipinski definition) is 5. The predicted molar refractivity (Wildman–Crippen MR) is 107 cm³/mol. The number of nitrogens with one attached hydrogen (secondary N) is 2. The molecule has 4 aromatic rings. The standard InChI is InChI=1S/C21H21N5O/c1-21(2,3)14-8-4-5-11-17(14)27-19-16(10-7-13-23-19)25-20-24-15-9-6-12-22-18(15)26-20/h4-13H,1-3H3,(H2,22,24,25,26). The number of H-pyrrole nitrogens is 1. The van der Waals surface area contributed by atoms with Gasteiger partial charge in [0.15, 0.2) is 5.65 Å². The fourth-order valence-electron chi connectivity index (χ4n) is 2.88. The Labute approximate surface area is 157 Å². The Bertz CT molecular complexity index is 1050. The van der Waals surface area contributed by atoms with E-state index in [1.807, 2.05) is 42.5 Å². The molecule has 6 nitrogen and oxygen atoms in total. The third-order valence-corrected chi connectivity index (χ3v) is 4.18. The molecule has 0 aliphatic carbocycles. The number of aromatic amines is 1. The normalized spacial score (nSPS) is 11.5. The Hall–Kier alpha value is -3.41. The third kappa shape index (κ3) is 3.60. The van der Waals surface area contributed by atoms with Crippen molar-refractivity contribution in [1.82, 2.24) is 19.9 Å². The fourth-order valence-corrected chi connectivity index (χ4v) is 2.88. The Balaban J connectivity index is 1.66. The zero-order chi connectivity index (χ0) is 18.9. The highest BCUT2D eigenvalue weighted by Gasteiger charge is 2.20. The van der Waals surface area contributed by atoms with Crippen molar-refractivity contribution in [1.29, 1.82) is 0 Å². The Morgan fingerprint density at radius 1 is 0.926 bits per heavy atom. The molecule has 3 aromatic heterocycles. The van der Waals surface area contributed by atoms with Crippen LogP contribution in [-0.2, 0) is 5.41 Å². The Kier molecular flexibility index (Phi) is 4.24. The fraction of sp³-hybridized carbons (Fsp3) is 0.190. The lowest BCUT2D eigenvalue weighted by Crippen LogP contribution is -2.12. The molecule has 0 saturated heterocycles. The molecule has 0 saturated carbocycles. The second kappa shape index (κ2) is 6.72. The molecular formula is C21H21N5O. The highest BCUT2D eigenvalue weighted by molar-refractivity contribution is 5.75. The van der Waals surface area contributed by atoms with Gasteiger partial charge in [0, 0.05) is 18.0 Å². The van der Waals surface area contributed by atoms with Gasteiger partial charge in [-0.2, -0.15) is 4.98 Å². The number of aromatic nitrogens is 4. The molecule has 6 heteroatoms. The molecular weight excluding hydrogens is 338 g/mol. The Morgan fingerprint density at radius 3 is 2.52 bits per heavy atom. The molecule has 3 heterocycles.